The third-order valence-corrected chi connectivity index (χ3v) is 3.26. The maximum atomic E-state index is 12.3. The molecule has 0 saturated carbocycles. The van der Waals surface area contributed by atoms with Crippen molar-refractivity contribution in [2.24, 2.45) is 0 Å². The summed E-state index contributed by atoms with van der Waals surface area (Å²) in [4.78, 5) is 4.12. The zero-order valence-corrected chi connectivity index (χ0v) is 12.4. The summed E-state index contributed by atoms with van der Waals surface area (Å²) in [5.41, 5.74) is 0.954. The molecular formula is C16H14F3N3O2. The molecule has 5 nitrogen and oxygen atoms in total. The molecule has 0 atom stereocenters. The average molecular weight is 337 g/mol. The van der Waals surface area contributed by atoms with E-state index < -0.39 is 12.6 Å². The minimum Gasteiger partial charge on any atom is -0.508 e. The Hall–Kier alpha value is -2.90. The minimum absolute atomic E-state index is 0.113. The van der Waals surface area contributed by atoms with Crippen LogP contribution < -0.4 is 10.1 Å². The van der Waals surface area contributed by atoms with Crippen LogP contribution in [0, 0.1) is 0 Å². The second-order valence-electron chi connectivity index (χ2n) is 5.14. The Morgan fingerprint density at radius 1 is 1.17 bits per heavy atom. The fraction of sp³-hybridized carbons (Fsp3) is 0.188. The molecule has 0 unspecified atom stereocenters. The van der Waals surface area contributed by atoms with Crippen LogP contribution in [0.3, 0.4) is 0 Å². The van der Waals surface area contributed by atoms with Gasteiger partial charge >= 0.3 is 6.18 Å². The number of fused-ring (bicyclic) bond motifs is 1. The van der Waals surface area contributed by atoms with Gasteiger partial charge in [0, 0.05) is 25.0 Å². The topological polar surface area (TPSA) is 58.8 Å². The van der Waals surface area contributed by atoms with Gasteiger partial charge in [-0.2, -0.15) is 13.2 Å². The van der Waals surface area contributed by atoms with E-state index in [0.717, 1.165) is 0 Å². The lowest BCUT2D eigenvalue weighted by Gasteiger charge is -2.12. The van der Waals surface area contributed by atoms with Crippen molar-refractivity contribution in [2.45, 2.75) is 12.6 Å². The summed E-state index contributed by atoms with van der Waals surface area (Å²) in [6.07, 6.45) is -0.269. The Kier molecular flexibility index (Phi) is 4.20. The molecule has 0 aliphatic rings. The molecule has 0 saturated heterocycles. The summed E-state index contributed by atoms with van der Waals surface area (Å²) in [5, 5.41) is 12.0. The molecule has 3 aromatic rings. The molecular weight excluding hydrogens is 323 g/mol. The lowest BCUT2D eigenvalue weighted by Crippen LogP contribution is -2.15. The van der Waals surface area contributed by atoms with Crippen molar-refractivity contribution in [3.05, 3.63) is 48.9 Å². The first kappa shape index (κ1) is 16.0. The SMILES string of the molecule is Oc1ccc(Oc2cc(NCCC(F)(F)F)c3nccn3c2)cc1. The number of aromatic hydroxyl groups is 1. The first-order valence-electron chi connectivity index (χ1n) is 7.15. The van der Waals surface area contributed by atoms with Gasteiger partial charge in [0.25, 0.3) is 0 Å². The van der Waals surface area contributed by atoms with E-state index >= 15 is 0 Å². The predicted octanol–water partition coefficient (Wildman–Crippen LogP) is 4.20. The summed E-state index contributed by atoms with van der Waals surface area (Å²) in [6.45, 7) is -0.255. The molecule has 0 bridgehead atoms. The van der Waals surface area contributed by atoms with Crippen molar-refractivity contribution < 1.29 is 23.0 Å². The number of hydrogen-bond acceptors (Lipinski definition) is 4. The van der Waals surface area contributed by atoms with Crippen molar-refractivity contribution in [1.29, 1.82) is 0 Å². The predicted molar refractivity (Wildman–Crippen MR) is 82.5 cm³/mol. The van der Waals surface area contributed by atoms with E-state index in [0.29, 0.717) is 22.8 Å². The van der Waals surface area contributed by atoms with Crippen LogP contribution in [-0.2, 0) is 0 Å². The highest BCUT2D eigenvalue weighted by molar-refractivity contribution is 5.69. The number of halogens is 3. The summed E-state index contributed by atoms with van der Waals surface area (Å²) in [6, 6.07) is 7.72. The van der Waals surface area contributed by atoms with Gasteiger partial charge in [0.05, 0.1) is 18.3 Å². The van der Waals surface area contributed by atoms with Crippen molar-refractivity contribution >= 4 is 11.3 Å². The normalized spacial score (nSPS) is 11.6. The number of rotatable bonds is 5. The third-order valence-electron chi connectivity index (χ3n) is 3.26. The average Bonchev–Trinajstić information content (AvgIpc) is 2.97. The quantitative estimate of drug-likeness (QED) is 0.733. The number of nitrogens with one attached hydrogen (secondary N) is 1. The zero-order valence-electron chi connectivity index (χ0n) is 12.4. The summed E-state index contributed by atoms with van der Waals surface area (Å²) < 4.78 is 44.3. The Bertz CT molecular complexity index is 829. The number of benzene rings is 1. The van der Waals surface area contributed by atoms with Crippen LogP contribution in [0.25, 0.3) is 5.65 Å². The highest BCUT2D eigenvalue weighted by Gasteiger charge is 2.26. The van der Waals surface area contributed by atoms with Crippen molar-refractivity contribution in [3.63, 3.8) is 0 Å². The van der Waals surface area contributed by atoms with Crippen LogP contribution in [0.5, 0.6) is 17.2 Å². The van der Waals surface area contributed by atoms with Gasteiger partial charge in [0.2, 0.25) is 0 Å². The Labute approximate surface area is 135 Å². The number of anilines is 1. The van der Waals surface area contributed by atoms with Crippen LogP contribution in [0.15, 0.2) is 48.9 Å². The smallest absolute Gasteiger partial charge is 0.390 e. The van der Waals surface area contributed by atoms with Gasteiger partial charge in [-0.1, -0.05) is 0 Å². The maximum Gasteiger partial charge on any atom is 0.390 e. The van der Waals surface area contributed by atoms with E-state index in [2.05, 4.69) is 10.3 Å². The van der Waals surface area contributed by atoms with Crippen LogP contribution in [0.1, 0.15) is 6.42 Å². The molecule has 2 N–H and O–H groups in total. The molecule has 0 radical (unpaired) electrons. The van der Waals surface area contributed by atoms with Crippen LogP contribution in [0.2, 0.25) is 0 Å². The van der Waals surface area contributed by atoms with E-state index in [1.54, 1.807) is 41.2 Å². The number of pyridine rings is 1. The number of phenols is 1. The molecule has 2 aromatic heterocycles. The first-order chi connectivity index (χ1) is 11.4. The van der Waals surface area contributed by atoms with Crippen molar-refractivity contribution in [1.82, 2.24) is 9.38 Å². The van der Waals surface area contributed by atoms with E-state index in [-0.39, 0.29) is 12.3 Å². The second kappa shape index (κ2) is 6.31. The summed E-state index contributed by atoms with van der Waals surface area (Å²) >= 11 is 0. The lowest BCUT2D eigenvalue weighted by molar-refractivity contribution is -0.131. The van der Waals surface area contributed by atoms with Crippen LogP contribution >= 0.6 is 0 Å². The van der Waals surface area contributed by atoms with Crippen LogP contribution in [0.4, 0.5) is 18.9 Å². The molecule has 2 heterocycles. The number of phenolic OH excluding ortho intramolecular Hbond substituents is 1. The highest BCUT2D eigenvalue weighted by atomic mass is 19.4. The van der Waals surface area contributed by atoms with E-state index in [4.69, 9.17) is 4.74 Å². The summed E-state index contributed by atoms with van der Waals surface area (Å²) in [7, 11) is 0. The molecule has 0 aliphatic heterocycles. The maximum absolute atomic E-state index is 12.3. The van der Waals surface area contributed by atoms with Gasteiger partial charge in [0.15, 0.2) is 5.65 Å². The molecule has 24 heavy (non-hydrogen) atoms. The van der Waals surface area contributed by atoms with Crippen molar-refractivity contribution in [2.75, 3.05) is 11.9 Å². The number of imidazole rings is 1. The largest absolute Gasteiger partial charge is 0.508 e. The Balaban J connectivity index is 1.82. The first-order valence-corrected chi connectivity index (χ1v) is 7.15. The van der Waals surface area contributed by atoms with Gasteiger partial charge in [-0.3, -0.25) is 0 Å². The number of hydrogen-bond donors (Lipinski definition) is 2. The third kappa shape index (κ3) is 3.89. The Morgan fingerprint density at radius 3 is 2.62 bits per heavy atom. The second-order valence-corrected chi connectivity index (χ2v) is 5.14. The minimum atomic E-state index is -4.22. The molecule has 0 fully saturated rings. The van der Waals surface area contributed by atoms with E-state index in [1.807, 2.05) is 0 Å². The Morgan fingerprint density at radius 2 is 1.92 bits per heavy atom. The molecule has 0 amide bonds. The van der Waals surface area contributed by atoms with Crippen LogP contribution in [-0.4, -0.2) is 27.2 Å². The molecule has 126 valence electrons. The molecule has 0 aliphatic carbocycles. The van der Waals surface area contributed by atoms with E-state index in [1.165, 1.54) is 12.1 Å². The standard InChI is InChI=1S/C16H14F3N3O2/c17-16(18,19)5-6-20-14-9-13(10-22-8-7-21-15(14)22)24-12-3-1-11(23)2-4-12/h1-4,7-10,20,23H,5-6H2. The van der Waals surface area contributed by atoms with Gasteiger partial charge in [-0.25, -0.2) is 4.98 Å². The summed E-state index contributed by atoms with van der Waals surface area (Å²) in [5.74, 6) is 1.04. The molecule has 8 heteroatoms. The molecule has 0 spiro atoms. The zero-order chi connectivity index (χ0) is 17.2. The lowest BCUT2D eigenvalue weighted by atomic mass is 10.3. The monoisotopic (exact) mass is 337 g/mol. The molecule has 3 rings (SSSR count). The number of nitrogens with zero attached hydrogens (tertiary/aromatic N) is 2. The van der Waals surface area contributed by atoms with Gasteiger partial charge in [-0.15, -0.1) is 0 Å². The number of alkyl halides is 3. The van der Waals surface area contributed by atoms with Gasteiger partial charge in [-0.05, 0) is 24.3 Å². The van der Waals surface area contributed by atoms with Gasteiger partial charge in [0.1, 0.15) is 17.2 Å². The fourth-order valence-corrected chi connectivity index (χ4v) is 2.18. The van der Waals surface area contributed by atoms with Gasteiger partial charge < -0.3 is 19.6 Å². The molecule has 1 aromatic carbocycles. The van der Waals surface area contributed by atoms with E-state index in [9.17, 15) is 18.3 Å². The fourth-order valence-electron chi connectivity index (χ4n) is 2.18. The number of aromatic nitrogens is 2. The highest BCUT2D eigenvalue weighted by Crippen LogP contribution is 2.28. The number of ether oxygens (including phenoxy) is 1. The van der Waals surface area contributed by atoms with Crippen molar-refractivity contribution in [3.8, 4) is 17.2 Å².